The van der Waals surface area contributed by atoms with Gasteiger partial charge >= 0.3 is 11.9 Å². The number of hydrogen-bond donors (Lipinski definition) is 3. The number of esters is 1. The number of rotatable bonds is 9. The summed E-state index contributed by atoms with van der Waals surface area (Å²) in [6.07, 6.45) is -1.91. The number of alkyl halides is 1. The standard InChI is InChI=1S/C20H21BrN2O8S/c21-7-12(24)6-13(25)22-14-16(27)23-8-20(19(29)30,10-32-17(14)23)9-31-18(28)15(26)11-4-2-1-3-5-11/h1-5,14-15,17,26H,6-10H2,(H,22,25)(H,29,30)/t14?,15?,17-,20?/m1/s1. The molecular formula is C20H21BrN2O8S. The van der Waals surface area contributed by atoms with Crippen LogP contribution in [-0.2, 0) is 28.7 Å². The predicted molar refractivity (Wildman–Crippen MR) is 116 cm³/mol. The molecule has 2 aliphatic heterocycles. The fourth-order valence-electron chi connectivity index (χ4n) is 3.42. The third kappa shape index (κ3) is 4.97. The third-order valence-corrected chi connectivity index (χ3v) is 7.46. The van der Waals surface area contributed by atoms with Gasteiger partial charge in [0.15, 0.2) is 11.9 Å². The molecule has 0 aromatic heterocycles. The van der Waals surface area contributed by atoms with E-state index in [1.807, 2.05) is 0 Å². The lowest BCUT2D eigenvalue weighted by Crippen LogP contribution is -2.74. The highest BCUT2D eigenvalue weighted by molar-refractivity contribution is 9.09. The summed E-state index contributed by atoms with van der Waals surface area (Å²) in [7, 11) is 0. The number of carbonyl (C=O) groups is 5. The number of ketones is 1. The number of Topliss-reactive ketones (excluding diaryl/α,β-unsaturated/α-hetero) is 1. The molecule has 0 bridgehead atoms. The lowest BCUT2D eigenvalue weighted by molar-refractivity contribution is -0.169. The molecule has 2 saturated heterocycles. The molecular weight excluding hydrogens is 508 g/mol. The van der Waals surface area contributed by atoms with E-state index in [9.17, 15) is 34.2 Å². The van der Waals surface area contributed by atoms with E-state index in [-0.39, 0.29) is 29.8 Å². The average Bonchev–Trinajstić information content (AvgIpc) is 2.80. The van der Waals surface area contributed by atoms with Crippen LogP contribution in [0.5, 0.6) is 0 Å². The van der Waals surface area contributed by atoms with Gasteiger partial charge in [-0.25, -0.2) is 4.79 Å². The Balaban J connectivity index is 1.60. The number of nitrogens with zero attached hydrogens (tertiary/aromatic N) is 1. The van der Waals surface area contributed by atoms with Crippen LogP contribution >= 0.6 is 27.7 Å². The number of nitrogens with one attached hydrogen (secondary N) is 1. The van der Waals surface area contributed by atoms with Crippen LogP contribution in [0.15, 0.2) is 30.3 Å². The Bertz CT molecular complexity index is 929. The Morgan fingerprint density at radius 1 is 1.28 bits per heavy atom. The van der Waals surface area contributed by atoms with Gasteiger partial charge in [-0.05, 0) is 5.56 Å². The molecule has 172 valence electrons. The van der Waals surface area contributed by atoms with Crippen LogP contribution in [0.4, 0.5) is 0 Å². The van der Waals surface area contributed by atoms with E-state index in [2.05, 4.69) is 21.2 Å². The first-order chi connectivity index (χ1) is 15.2. The summed E-state index contributed by atoms with van der Waals surface area (Å²) in [4.78, 5) is 61.3. The average molecular weight is 529 g/mol. The Morgan fingerprint density at radius 3 is 2.59 bits per heavy atom. The number of benzene rings is 1. The number of aliphatic hydroxyl groups is 1. The minimum Gasteiger partial charge on any atom is -0.481 e. The van der Waals surface area contributed by atoms with Gasteiger partial charge in [0.2, 0.25) is 11.8 Å². The molecule has 2 aliphatic rings. The van der Waals surface area contributed by atoms with Crippen molar-refractivity contribution in [1.82, 2.24) is 10.2 Å². The zero-order valence-corrected chi connectivity index (χ0v) is 19.1. The number of aliphatic carboxylic acids is 1. The Hall–Kier alpha value is -2.44. The SMILES string of the molecule is O=C(CBr)CC(=O)NC1C(=O)N2CC(COC(=O)C(O)c3ccccc3)(C(=O)O)CS[C@H]12. The van der Waals surface area contributed by atoms with Crippen molar-refractivity contribution in [2.75, 3.05) is 24.2 Å². The van der Waals surface area contributed by atoms with Gasteiger partial charge in [-0.1, -0.05) is 46.3 Å². The smallest absolute Gasteiger partial charge is 0.339 e. The van der Waals surface area contributed by atoms with Crippen molar-refractivity contribution in [2.24, 2.45) is 5.41 Å². The van der Waals surface area contributed by atoms with E-state index in [1.165, 1.54) is 4.90 Å². The molecule has 32 heavy (non-hydrogen) atoms. The lowest BCUT2D eigenvalue weighted by Gasteiger charge is -2.53. The maximum Gasteiger partial charge on any atom is 0.339 e. The molecule has 2 amide bonds. The van der Waals surface area contributed by atoms with E-state index < -0.39 is 53.3 Å². The highest BCUT2D eigenvalue weighted by Gasteiger charge is 2.58. The van der Waals surface area contributed by atoms with E-state index in [1.54, 1.807) is 30.3 Å². The van der Waals surface area contributed by atoms with Crippen LogP contribution in [0.2, 0.25) is 0 Å². The van der Waals surface area contributed by atoms with Crippen LogP contribution in [-0.4, -0.2) is 80.3 Å². The van der Waals surface area contributed by atoms with E-state index in [0.29, 0.717) is 5.56 Å². The van der Waals surface area contributed by atoms with E-state index in [0.717, 1.165) is 11.8 Å². The number of carbonyl (C=O) groups excluding carboxylic acids is 4. The second-order valence-corrected chi connectivity index (χ2v) is 9.23. The second-order valence-electron chi connectivity index (χ2n) is 7.57. The molecule has 2 fully saturated rings. The molecule has 0 aliphatic carbocycles. The minimum absolute atomic E-state index is 0.0260. The Labute approximate surface area is 195 Å². The third-order valence-electron chi connectivity index (χ3n) is 5.25. The number of halogens is 1. The molecule has 3 unspecified atom stereocenters. The maximum absolute atomic E-state index is 12.5. The van der Waals surface area contributed by atoms with Crippen LogP contribution in [0, 0.1) is 5.41 Å². The van der Waals surface area contributed by atoms with Crippen molar-refractivity contribution in [2.45, 2.75) is 23.9 Å². The number of carboxylic acid groups (broad SMARTS) is 1. The normalized spacial score (nSPS) is 25.2. The van der Waals surface area contributed by atoms with Gasteiger partial charge in [0.05, 0.1) is 11.8 Å². The first kappa shape index (κ1) is 24.2. The van der Waals surface area contributed by atoms with Crippen LogP contribution in [0.1, 0.15) is 18.1 Å². The van der Waals surface area contributed by atoms with Gasteiger partial charge in [-0.2, -0.15) is 0 Å². The molecule has 0 radical (unpaired) electrons. The summed E-state index contributed by atoms with van der Waals surface area (Å²) < 4.78 is 5.12. The topological polar surface area (TPSA) is 150 Å². The van der Waals surface area contributed by atoms with Gasteiger partial charge in [0.1, 0.15) is 23.4 Å². The molecule has 12 heteroatoms. The van der Waals surface area contributed by atoms with Gasteiger partial charge in [0, 0.05) is 12.3 Å². The number of β-lactam (4-membered cyclic amide) rings is 1. The molecule has 0 spiro atoms. The van der Waals surface area contributed by atoms with Crippen molar-refractivity contribution in [3.63, 3.8) is 0 Å². The number of thioether (sulfide) groups is 1. The van der Waals surface area contributed by atoms with E-state index >= 15 is 0 Å². The summed E-state index contributed by atoms with van der Waals surface area (Å²) in [5.41, 5.74) is -1.24. The first-order valence-corrected chi connectivity index (χ1v) is 11.8. The van der Waals surface area contributed by atoms with Crippen molar-refractivity contribution in [3.8, 4) is 0 Å². The Kier molecular flexibility index (Phi) is 7.57. The van der Waals surface area contributed by atoms with Crippen LogP contribution < -0.4 is 5.32 Å². The van der Waals surface area contributed by atoms with Crippen molar-refractivity contribution in [1.29, 1.82) is 0 Å². The number of fused-ring (bicyclic) bond motifs is 1. The number of ether oxygens (including phenoxy) is 1. The Morgan fingerprint density at radius 2 is 1.97 bits per heavy atom. The van der Waals surface area contributed by atoms with Crippen molar-refractivity contribution >= 4 is 57.2 Å². The molecule has 4 atom stereocenters. The molecule has 2 heterocycles. The maximum atomic E-state index is 12.5. The molecule has 10 nitrogen and oxygen atoms in total. The second kappa shape index (κ2) is 10.0. The van der Waals surface area contributed by atoms with Crippen LogP contribution in [0.3, 0.4) is 0 Å². The first-order valence-electron chi connectivity index (χ1n) is 9.60. The van der Waals surface area contributed by atoms with Crippen LogP contribution in [0.25, 0.3) is 0 Å². The summed E-state index contributed by atoms with van der Waals surface area (Å²) in [5.74, 6) is -3.57. The summed E-state index contributed by atoms with van der Waals surface area (Å²) in [6.45, 7) is -0.731. The molecule has 1 aromatic carbocycles. The number of amides is 2. The largest absolute Gasteiger partial charge is 0.481 e. The van der Waals surface area contributed by atoms with Gasteiger partial charge in [-0.3, -0.25) is 19.2 Å². The number of carboxylic acids is 1. The number of hydrogen-bond acceptors (Lipinski definition) is 8. The summed E-state index contributed by atoms with van der Waals surface area (Å²) >= 11 is 4.11. The lowest BCUT2D eigenvalue weighted by atomic mass is 9.88. The fraction of sp³-hybridized carbons (Fsp3) is 0.450. The van der Waals surface area contributed by atoms with Crippen molar-refractivity contribution < 1.29 is 38.9 Å². The number of aliphatic hydroxyl groups excluding tert-OH is 1. The zero-order chi connectivity index (χ0) is 23.5. The highest BCUT2D eigenvalue weighted by Crippen LogP contribution is 2.42. The van der Waals surface area contributed by atoms with Gasteiger partial charge in [0.25, 0.3) is 0 Å². The highest BCUT2D eigenvalue weighted by atomic mass is 79.9. The monoisotopic (exact) mass is 528 g/mol. The molecule has 3 rings (SSSR count). The minimum atomic E-state index is -1.56. The summed E-state index contributed by atoms with van der Waals surface area (Å²) in [6, 6.07) is 7.24. The van der Waals surface area contributed by atoms with Crippen molar-refractivity contribution in [3.05, 3.63) is 35.9 Å². The fourth-order valence-corrected chi connectivity index (χ4v) is 5.14. The zero-order valence-electron chi connectivity index (χ0n) is 16.7. The summed E-state index contributed by atoms with van der Waals surface area (Å²) in [5, 5.41) is 22.0. The quantitative estimate of drug-likeness (QED) is 0.175. The predicted octanol–water partition coefficient (Wildman–Crippen LogP) is 0.0882. The molecule has 3 N–H and O–H groups in total. The molecule has 0 saturated carbocycles. The van der Waals surface area contributed by atoms with Gasteiger partial charge < -0.3 is 25.2 Å². The molecule has 1 aromatic rings. The van der Waals surface area contributed by atoms with Gasteiger partial charge in [-0.15, -0.1) is 11.8 Å². The van der Waals surface area contributed by atoms with E-state index in [4.69, 9.17) is 4.74 Å².